The second-order valence-corrected chi connectivity index (χ2v) is 5.89. The summed E-state index contributed by atoms with van der Waals surface area (Å²) in [5.74, 6) is -2.41. The lowest BCUT2D eigenvalue weighted by molar-refractivity contribution is -0.0206. The lowest BCUT2D eigenvalue weighted by Crippen LogP contribution is -2.15. The van der Waals surface area contributed by atoms with Crippen molar-refractivity contribution >= 4 is 0 Å². The SMILES string of the molecule is CCCCCCCCC(F)(F)CCCCCCCC. The molecule has 2 heteroatoms. The predicted molar refractivity (Wildman–Crippen MR) is 80.9 cm³/mol. The molecule has 0 N–H and O–H groups in total. The van der Waals surface area contributed by atoms with Crippen molar-refractivity contribution in [2.45, 2.75) is 110 Å². The van der Waals surface area contributed by atoms with E-state index >= 15 is 0 Å². The Morgan fingerprint density at radius 3 is 1.21 bits per heavy atom. The molecule has 0 amide bonds. The van der Waals surface area contributed by atoms with E-state index in [0.29, 0.717) is 12.8 Å². The molecule has 0 rings (SSSR count). The summed E-state index contributed by atoms with van der Waals surface area (Å²) in [5.41, 5.74) is 0. The molecule has 0 aliphatic heterocycles. The quantitative estimate of drug-likeness (QED) is 0.296. The summed E-state index contributed by atoms with van der Waals surface area (Å²) in [5, 5.41) is 0. The molecule has 116 valence electrons. The topological polar surface area (TPSA) is 0 Å². The first-order valence-electron chi connectivity index (χ1n) is 8.50. The zero-order valence-corrected chi connectivity index (χ0v) is 13.2. The van der Waals surface area contributed by atoms with E-state index in [0.717, 1.165) is 25.7 Å². The molecule has 0 radical (unpaired) electrons. The highest BCUT2D eigenvalue weighted by Gasteiger charge is 2.26. The summed E-state index contributed by atoms with van der Waals surface area (Å²) in [4.78, 5) is 0. The third kappa shape index (κ3) is 14.1. The maximum absolute atomic E-state index is 13.6. The van der Waals surface area contributed by atoms with Gasteiger partial charge in [-0.05, 0) is 12.8 Å². The molecule has 0 aliphatic rings. The molecule has 19 heavy (non-hydrogen) atoms. The minimum Gasteiger partial charge on any atom is -0.207 e. The molecule has 0 aromatic rings. The number of hydrogen-bond acceptors (Lipinski definition) is 0. The van der Waals surface area contributed by atoms with Crippen LogP contribution in [0, 0.1) is 0 Å². The standard InChI is InChI=1S/C17H34F2/c1-3-5-7-9-11-13-15-17(18,19)16-14-12-10-8-6-4-2/h3-16H2,1-2H3. The van der Waals surface area contributed by atoms with E-state index in [1.54, 1.807) is 0 Å². The van der Waals surface area contributed by atoms with E-state index < -0.39 is 5.92 Å². The van der Waals surface area contributed by atoms with Crippen LogP contribution in [-0.2, 0) is 0 Å². The highest BCUT2D eigenvalue weighted by atomic mass is 19.3. The zero-order valence-electron chi connectivity index (χ0n) is 13.2. The third-order valence-corrected chi connectivity index (χ3v) is 3.79. The Morgan fingerprint density at radius 1 is 0.526 bits per heavy atom. The Hall–Kier alpha value is -0.140. The van der Waals surface area contributed by atoms with Gasteiger partial charge in [-0.15, -0.1) is 0 Å². The fourth-order valence-electron chi connectivity index (χ4n) is 2.45. The normalized spacial score (nSPS) is 12.0. The van der Waals surface area contributed by atoms with Gasteiger partial charge >= 0.3 is 0 Å². The molecule has 0 saturated carbocycles. The van der Waals surface area contributed by atoms with Crippen molar-refractivity contribution in [1.29, 1.82) is 0 Å². The van der Waals surface area contributed by atoms with Crippen LogP contribution in [0.2, 0.25) is 0 Å². The number of rotatable bonds is 14. The minimum absolute atomic E-state index is 0.105. The van der Waals surface area contributed by atoms with Gasteiger partial charge in [0.05, 0.1) is 0 Å². The fourth-order valence-corrected chi connectivity index (χ4v) is 2.45. The average molecular weight is 276 g/mol. The van der Waals surface area contributed by atoms with Gasteiger partial charge in [0.15, 0.2) is 0 Å². The van der Waals surface area contributed by atoms with Crippen LogP contribution < -0.4 is 0 Å². The van der Waals surface area contributed by atoms with Crippen molar-refractivity contribution in [3.63, 3.8) is 0 Å². The molecular formula is C17H34F2. The van der Waals surface area contributed by atoms with E-state index in [-0.39, 0.29) is 12.8 Å². The van der Waals surface area contributed by atoms with E-state index in [9.17, 15) is 8.78 Å². The number of halogens is 2. The van der Waals surface area contributed by atoms with Gasteiger partial charge in [0.2, 0.25) is 5.92 Å². The number of unbranched alkanes of at least 4 members (excludes halogenated alkanes) is 10. The molecule has 0 nitrogen and oxygen atoms in total. The van der Waals surface area contributed by atoms with Gasteiger partial charge in [-0.25, -0.2) is 8.78 Å². The summed E-state index contributed by atoms with van der Waals surface area (Å²) < 4.78 is 27.1. The molecule has 0 fully saturated rings. The van der Waals surface area contributed by atoms with Gasteiger partial charge in [-0.3, -0.25) is 0 Å². The summed E-state index contributed by atoms with van der Waals surface area (Å²) >= 11 is 0. The molecule has 0 unspecified atom stereocenters. The van der Waals surface area contributed by atoms with E-state index in [4.69, 9.17) is 0 Å². The summed E-state index contributed by atoms with van der Waals surface area (Å²) in [7, 11) is 0. The molecule has 0 heterocycles. The van der Waals surface area contributed by atoms with Gasteiger partial charge in [0.25, 0.3) is 0 Å². The largest absolute Gasteiger partial charge is 0.248 e. The van der Waals surface area contributed by atoms with Gasteiger partial charge in [0.1, 0.15) is 0 Å². The van der Waals surface area contributed by atoms with Gasteiger partial charge in [0, 0.05) is 12.8 Å². The second-order valence-electron chi connectivity index (χ2n) is 5.89. The second kappa shape index (κ2) is 12.9. The van der Waals surface area contributed by atoms with Crippen LogP contribution in [-0.4, -0.2) is 5.92 Å². The Morgan fingerprint density at radius 2 is 0.842 bits per heavy atom. The van der Waals surface area contributed by atoms with Crippen LogP contribution in [0.25, 0.3) is 0 Å². The Balaban J connectivity index is 3.36. The first-order chi connectivity index (χ1) is 9.12. The maximum atomic E-state index is 13.6. The van der Waals surface area contributed by atoms with E-state index in [2.05, 4.69) is 13.8 Å². The van der Waals surface area contributed by atoms with Crippen molar-refractivity contribution < 1.29 is 8.78 Å². The monoisotopic (exact) mass is 276 g/mol. The minimum atomic E-state index is -2.41. The van der Waals surface area contributed by atoms with Crippen molar-refractivity contribution in [1.82, 2.24) is 0 Å². The van der Waals surface area contributed by atoms with Crippen LogP contribution in [0.4, 0.5) is 8.78 Å². The lowest BCUT2D eigenvalue weighted by atomic mass is 10.0. The Bertz CT molecular complexity index is 160. The van der Waals surface area contributed by atoms with Crippen molar-refractivity contribution in [3.8, 4) is 0 Å². The molecule has 0 bridgehead atoms. The maximum Gasteiger partial charge on any atom is 0.248 e. The smallest absolute Gasteiger partial charge is 0.207 e. The first-order valence-corrected chi connectivity index (χ1v) is 8.50. The van der Waals surface area contributed by atoms with Crippen molar-refractivity contribution in [2.75, 3.05) is 0 Å². The van der Waals surface area contributed by atoms with Gasteiger partial charge < -0.3 is 0 Å². The van der Waals surface area contributed by atoms with Crippen LogP contribution >= 0.6 is 0 Å². The summed E-state index contributed by atoms with van der Waals surface area (Å²) in [6.07, 6.45) is 13.2. The number of alkyl halides is 2. The first kappa shape index (κ1) is 18.9. The van der Waals surface area contributed by atoms with Crippen LogP contribution in [0.15, 0.2) is 0 Å². The fraction of sp³-hybridized carbons (Fsp3) is 1.00. The molecule has 0 aliphatic carbocycles. The molecule has 0 atom stereocenters. The number of hydrogen-bond donors (Lipinski definition) is 0. The van der Waals surface area contributed by atoms with Gasteiger partial charge in [-0.2, -0.15) is 0 Å². The van der Waals surface area contributed by atoms with Crippen LogP contribution in [0.1, 0.15) is 104 Å². The predicted octanol–water partition coefficient (Wildman–Crippen LogP) is 7.12. The molecule has 0 saturated heterocycles. The van der Waals surface area contributed by atoms with Crippen LogP contribution in [0.3, 0.4) is 0 Å². The third-order valence-electron chi connectivity index (χ3n) is 3.79. The van der Waals surface area contributed by atoms with Crippen molar-refractivity contribution in [2.24, 2.45) is 0 Å². The lowest BCUT2D eigenvalue weighted by Gasteiger charge is -2.16. The summed E-state index contributed by atoms with van der Waals surface area (Å²) in [6, 6.07) is 0. The zero-order chi connectivity index (χ0) is 14.4. The molecule has 0 aromatic carbocycles. The Kier molecular flexibility index (Phi) is 12.8. The molecule has 0 aromatic heterocycles. The Labute approximate surface area is 119 Å². The van der Waals surface area contributed by atoms with E-state index in [1.165, 1.54) is 38.5 Å². The summed E-state index contributed by atoms with van der Waals surface area (Å²) in [6.45, 7) is 4.35. The van der Waals surface area contributed by atoms with E-state index in [1.807, 2.05) is 0 Å². The average Bonchev–Trinajstić information content (AvgIpc) is 2.38. The molecular weight excluding hydrogens is 242 g/mol. The van der Waals surface area contributed by atoms with Crippen molar-refractivity contribution in [3.05, 3.63) is 0 Å². The highest BCUT2D eigenvalue weighted by Crippen LogP contribution is 2.28. The van der Waals surface area contributed by atoms with Crippen LogP contribution in [0.5, 0.6) is 0 Å². The highest BCUT2D eigenvalue weighted by molar-refractivity contribution is 4.66. The van der Waals surface area contributed by atoms with Gasteiger partial charge in [-0.1, -0.05) is 78.1 Å². The molecule has 0 spiro atoms.